The van der Waals surface area contributed by atoms with Gasteiger partial charge in [-0.05, 0) is 25.0 Å². The molecule has 0 spiro atoms. The van der Waals surface area contributed by atoms with Crippen LogP contribution in [-0.2, 0) is 0 Å². The van der Waals surface area contributed by atoms with Crippen molar-refractivity contribution < 1.29 is 9.21 Å². The van der Waals surface area contributed by atoms with Crippen molar-refractivity contribution in [2.24, 2.45) is 0 Å². The predicted octanol–water partition coefficient (Wildman–Crippen LogP) is 1.89. The largest absolute Gasteiger partial charge is 0.445 e. The Balaban J connectivity index is 2.03. The van der Waals surface area contributed by atoms with Crippen LogP contribution in [0.15, 0.2) is 21.6 Å². The Morgan fingerprint density at radius 3 is 3.00 bits per heavy atom. The van der Waals surface area contributed by atoms with Crippen LogP contribution in [-0.4, -0.2) is 18.2 Å². The molecule has 1 amide bonds. The van der Waals surface area contributed by atoms with Gasteiger partial charge in [0.15, 0.2) is 10.9 Å². The van der Waals surface area contributed by atoms with Crippen molar-refractivity contribution >= 4 is 17.7 Å². The minimum absolute atomic E-state index is 0.164. The highest BCUT2D eigenvalue weighted by Gasteiger charge is 2.24. The Kier molecular flexibility index (Phi) is 2.31. The van der Waals surface area contributed by atoms with E-state index in [0.717, 1.165) is 5.09 Å². The Hall–Kier alpha value is -0.900. The molecule has 0 saturated heterocycles. The summed E-state index contributed by atoms with van der Waals surface area (Å²) in [4.78, 5) is 11.1. The van der Waals surface area contributed by atoms with Crippen molar-refractivity contribution in [3.05, 3.63) is 17.9 Å². The molecule has 1 aromatic heterocycles. The van der Waals surface area contributed by atoms with Crippen LogP contribution in [0.3, 0.4) is 0 Å². The molecule has 0 unspecified atom stereocenters. The highest BCUT2D eigenvalue weighted by atomic mass is 32.2. The number of carbonyl (C=O) groups excluding carboxylic acids is 1. The van der Waals surface area contributed by atoms with Gasteiger partial charge in [0.05, 0.1) is 0 Å². The lowest BCUT2D eigenvalue weighted by Gasteiger charge is -1.94. The van der Waals surface area contributed by atoms with E-state index in [1.54, 1.807) is 24.9 Å². The normalized spacial score (nSPS) is 15.8. The highest BCUT2D eigenvalue weighted by molar-refractivity contribution is 8.00. The minimum atomic E-state index is -0.164. The smallest absolute Gasteiger partial charge is 0.286 e. The monoisotopic (exact) mass is 197 g/mol. The van der Waals surface area contributed by atoms with Crippen molar-refractivity contribution in [1.29, 1.82) is 0 Å². The summed E-state index contributed by atoms with van der Waals surface area (Å²) in [5.74, 6) is 0.230. The maximum absolute atomic E-state index is 11.1. The van der Waals surface area contributed by atoms with E-state index in [4.69, 9.17) is 4.42 Å². The molecule has 13 heavy (non-hydrogen) atoms. The topological polar surface area (TPSA) is 42.2 Å². The van der Waals surface area contributed by atoms with Crippen LogP contribution >= 0.6 is 11.8 Å². The first-order chi connectivity index (χ1) is 6.29. The van der Waals surface area contributed by atoms with Gasteiger partial charge in [-0.25, -0.2) is 0 Å². The molecule has 1 saturated carbocycles. The molecule has 1 aliphatic carbocycles. The molecule has 70 valence electrons. The molecule has 1 aromatic rings. The summed E-state index contributed by atoms with van der Waals surface area (Å²) < 4.78 is 5.34. The van der Waals surface area contributed by atoms with E-state index in [9.17, 15) is 4.79 Å². The number of nitrogens with one attached hydrogen (secondary N) is 1. The van der Waals surface area contributed by atoms with E-state index in [1.807, 2.05) is 6.07 Å². The molecule has 1 heterocycles. The summed E-state index contributed by atoms with van der Waals surface area (Å²) in [5, 5.41) is 4.08. The molecule has 2 rings (SSSR count). The summed E-state index contributed by atoms with van der Waals surface area (Å²) in [5.41, 5.74) is 0. The maximum atomic E-state index is 11.1. The number of amides is 1. The standard InChI is InChI=1S/C9H11NO2S/c1-10-9(11)7-4-5-8(12-7)13-6-2-3-6/h4-6H,2-3H2,1H3,(H,10,11). The Morgan fingerprint density at radius 2 is 2.38 bits per heavy atom. The number of hydrogen-bond acceptors (Lipinski definition) is 3. The molecule has 0 bridgehead atoms. The summed E-state index contributed by atoms with van der Waals surface area (Å²) in [6.45, 7) is 0. The summed E-state index contributed by atoms with van der Waals surface area (Å²) in [7, 11) is 1.60. The van der Waals surface area contributed by atoms with Crippen molar-refractivity contribution in [1.82, 2.24) is 5.32 Å². The number of rotatable bonds is 3. The first-order valence-corrected chi connectivity index (χ1v) is 5.16. The second-order valence-corrected chi connectivity index (χ2v) is 4.32. The average Bonchev–Trinajstić information content (AvgIpc) is 2.81. The summed E-state index contributed by atoms with van der Waals surface area (Å²) in [6.07, 6.45) is 2.53. The predicted molar refractivity (Wildman–Crippen MR) is 51.0 cm³/mol. The van der Waals surface area contributed by atoms with Gasteiger partial charge < -0.3 is 9.73 Å². The van der Waals surface area contributed by atoms with Gasteiger partial charge in [-0.2, -0.15) is 0 Å². The zero-order chi connectivity index (χ0) is 9.26. The van der Waals surface area contributed by atoms with Gasteiger partial charge in [0.1, 0.15) is 0 Å². The quantitative estimate of drug-likeness (QED) is 0.804. The zero-order valence-electron chi connectivity index (χ0n) is 7.37. The van der Waals surface area contributed by atoms with Crippen LogP contribution in [0.4, 0.5) is 0 Å². The van der Waals surface area contributed by atoms with Crippen molar-refractivity contribution in [2.45, 2.75) is 23.2 Å². The molecule has 1 fully saturated rings. The molecule has 3 nitrogen and oxygen atoms in total. The lowest BCUT2D eigenvalue weighted by Crippen LogP contribution is -2.16. The maximum Gasteiger partial charge on any atom is 0.286 e. The van der Waals surface area contributed by atoms with Crippen LogP contribution in [0.5, 0.6) is 0 Å². The third kappa shape index (κ3) is 2.06. The first kappa shape index (κ1) is 8.69. The van der Waals surface area contributed by atoms with Gasteiger partial charge in [-0.15, -0.1) is 0 Å². The van der Waals surface area contributed by atoms with Gasteiger partial charge in [0, 0.05) is 12.3 Å². The molecule has 0 radical (unpaired) electrons. The average molecular weight is 197 g/mol. The van der Waals surface area contributed by atoms with Crippen LogP contribution < -0.4 is 5.32 Å². The van der Waals surface area contributed by atoms with Gasteiger partial charge in [-0.1, -0.05) is 11.8 Å². The van der Waals surface area contributed by atoms with Crippen LogP contribution in [0, 0.1) is 0 Å². The van der Waals surface area contributed by atoms with Crippen molar-refractivity contribution in [3.63, 3.8) is 0 Å². The molecular weight excluding hydrogens is 186 g/mol. The Bertz CT molecular complexity index is 317. The third-order valence-corrected chi connectivity index (χ3v) is 3.10. The molecule has 0 aliphatic heterocycles. The molecule has 0 aromatic carbocycles. The molecule has 1 aliphatic rings. The fourth-order valence-corrected chi connectivity index (χ4v) is 1.96. The number of thioether (sulfide) groups is 1. The van der Waals surface area contributed by atoms with Gasteiger partial charge in [0.25, 0.3) is 5.91 Å². The van der Waals surface area contributed by atoms with E-state index >= 15 is 0 Å². The van der Waals surface area contributed by atoms with Crippen molar-refractivity contribution in [2.75, 3.05) is 7.05 Å². The van der Waals surface area contributed by atoms with E-state index in [-0.39, 0.29) is 5.91 Å². The second-order valence-electron chi connectivity index (χ2n) is 3.02. The minimum Gasteiger partial charge on any atom is -0.445 e. The number of furan rings is 1. The van der Waals surface area contributed by atoms with Crippen LogP contribution in [0.25, 0.3) is 0 Å². The third-order valence-electron chi connectivity index (χ3n) is 1.84. The van der Waals surface area contributed by atoms with E-state index < -0.39 is 0 Å². The molecule has 0 atom stereocenters. The van der Waals surface area contributed by atoms with Gasteiger partial charge in [0.2, 0.25) is 0 Å². The van der Waals surface area contributed by atoms with E-state index in [2.05, 4.69) is 5.32 Å². The number of carbonyl (C=O) groups is 1. The highest BCUT2D eigenvalue weighted by Crippen LogP contribution is 2.39. The lowest BCUT2D eigenvalue weighted by atomic mass is 10.4. The Morgan fingerprint density at radius 1 is 1.62 bits per heavy atom. The van der Waals surface area contributed by atoms with Crippen LogP contribution in [0.1, 0.15) is 23.4 Å². The van der Waals surface area contributed by atoms with Gasteiger partial charge in [-0.3, -0.25) is 4.79 Å². The number of hydrogen-bond donors (Lipinski definition) is 1. The molecule has 4 heteroatoms. The SMILES string of the molecule is CNC(=O)c1ccc(SC2CC2)o1. The molecule has 1 N–H and O–H groups in total. The van der Waals surface area contributed by atoms with E-state index in [1.165, 1.54) is 12.8 Å². The van der Waals surface area contributed by atoms with E-state index in [0.29, 0.717) is 11.0 Å². The summed E-state index contributed by atoms with van der Waals surface area (Å²) in [6, 6.07) is 3.57. The first-order valence-electron chi connectivity index (χ1n) is 4.28. The summed E-state index contributed by atoms with van der Waals surface area (Å²) >= 11 is 1.71. The zero-order valence-corrected chi connectivity index (χ0v) is 8.19. The fraction of sp³-hybridized carbons (Fsp3) is 0.444. The second kappa shape index (κ2) is 3.46. The van der Waals surface area contributed by atoms with Gasteiger partial charge >= 0.3 is 0 Å². The molecular formula is C9H11NO2S. The van der Waals surface area contributed by atoms with Crippen molar-refractivity contribution in [3.8, 4) is 0 Å². The fourth-order valence-electron chi connectivity index (χ4n) is 0.979. The van der Waals surface area contributed by atoms with Crippen LogP contribution in [0.2, 0.25) is 0 Å². The lowest BCUT2D eigenvalue weighted by molar-refractivity contribution is 0.0930. The Labute approximate surface area is 80.9 Å².